The molecular weight excluding hydrogens is 441 g/mol. The molecule has 0 heterocycles. The zero-order valence-corrected chi connectivity index (χ0v) is 17.1. The monoisotopic (exact) mass is 467 g/mol. The lowest BCUT2D eigenvalue weighted by Crippen LogP contribution is -2.45. The summed E-state index contributed by atoms with van der Waals surface area (Å²) in [4.78, 5) is 4.54. The molecule has 0 atom stereocenters. The van der Waals surface area contributed by atoms with Gasteiger partial charge in [-0.25, -0.2) is 4.99 Å². The highest BCUT2D eigenvalue weighted by Gasteiger charge is 2.19. The number of para-hydroxylation sites is 1. The minimum absolute atomic E-state index is 0. The molecule has 0 saturated heterocycles. The first-order valence-corrected chi connectivity index (χ1v) is 8.67. The van der Waals surface area contributed by atoms with Gasteiger partial charge >= 0.3 is 0 Å². The molecule has 1 fully saturated rings. The van der Waals surface area contributed by atoms with E-state index in [9.17, 15) is 5.11 Å². The molecule has 0 radical (unpaired) electrons. The Balaban J connectivity index is 0.00000288. The van der Waals surface area contributed by atoms with Crippen LogP contribution in [0.15, 0.2) is 29.3 Å². The number of halogens is 2. The number of nitrogens with one attached hydrogen (secondary N) is 2. The number of nitrogens with zero attached hydrogens (tertiary/aromatic N) is 1. The molecule has 5 nitrogen and oxygen atoms in total. The van der Waals surface area contributed by atoms with Crippen LogP contribution in [0.1, 0.15) is 32.6 Å². The summed E-state index contributed by atoms with van der Waals surface area (Å²) in [5.74, 6) is 1.49. The number of ether oxygens (including phenoxy) is 1. The predicted octanol–water partition coefficient (Wildman–Crippen LogP) is 3.20. The fourth-order valence-electron chi connectivity index (χ4n) is 2.61. The second-order valence-electron chi connectivity index (χ2n) is 5.69. The largest absolute Gasteiger partial charge is 0.490 e. The Kier molecular flexibility index (Phi) is 10.4. The van der Waals surface area contributed by atoms with E-state index in [-0.39, 0.29) is 30.1 Å². The van der Waals surface area contributed by atoms with Crippen LogP contribution in [-0.2, 0) is 0 Å². The second-order valence-corrected chi connectivity index (χ2v) is 6.10. The van der Waals surface area contributed by atoms with E-state index in [0.29, 0.717) is 30.0 Å². The van der Waals surface area contributed by atoms with E-state index < -0.39 is 0 Å². The molecule has 2 rings (SSSR count). The first kappa shape index (κ1) is 21.3. The summed E-state index contributed by atoms with van der Waals surface area (Å²) in [6.07, 6.45) is 3.51. The highest BCUT2D eigenvalue weighted by atomic mass is 127. The Morgan fingerprint density at radius 2 is 2.00 bits per heavy atom. The van der Waals surface area contributed by atoms with Crippen LogP contribution in [-0.4, -0.2) is 42.9 Å². The van der Waals surface area contributed by atoms with Crippen molar-refractivity contribution in [3.05, 3.63) is 29.3 Å². The lowest BCUT2D eigenvalue weighted by Gasteiger charge is -2.27. The normalized spacial score (nSPS) is 20.9. The number of aliphatic imine (C=N–C) groups is 1. The summed E-state index contributed by atoms with van der Waals surface area (Å²) in [7, 11) is 0. The number of hydrogen-bond acceptors (Lipinski definition) is 3. The molecule has 1 aromatic carbocycles. The van der Waals surface area contributed by atoms with Crippen LogP contribution in [0.25, 0.3) is 0 Å². The van der Waals surface area contributed by atoms with Crippen molar-refractivity contribution in [1.82, 2.24) is 10.6 Å². The molecule has 0 unspecified atom stereocenters. The maximum Gasteiger partial charge on any atom is 0.191 e. The minimum Gasteiger partial charge on any atom is -0.490 e. The van der Waals surface area contributed by atoms with Crippen LogP contribution in [0.5, 0.6) is 5.75 Å². The molecule has 24 heavy (non-hydrogen) atoms. The van der Waals surface area contributed by atoms with Gasteiger partial charge in [0.05, 0.1) is 17.7 Å². The van der Waals surface area contributed by atoms with Crippen LogP contribution in [0, 0.1) is 0 Å². The van der Waals surface area contributed by atoms with E-state index in [1.807, 2.05) is 31.2 Å². The first-order chi connectivity index (χ1) is 11.2. The van der Waals surface area contributed by atoms with Gasteiger partial charge in [0, 0.05) is 12.6 Å². The average molecular weight is 468 g/mol. The summed E-state index contributed by atoms with van der Waals surface area (Å²) >= 11 is 6.05. The maximum absolute atomic E-state index is 9.57. The zero-order valence-electron chi connectivity index (χ0n) is 14.0. The van der Waals surface area contributed by atoms with Crippen molar-refractivity contribution in [3.63, 3.8) is 0 Å². The van der Waals surface area contributed by atoms with Crippen LogP contribution >= 0.6 is 35.6 Å². The predicted molar refractivity (Wildman–Crippen MR) is 110 cm³/mol. The molecular formula is C17H27ClIN3O2. The second kappa shape index (κ2) is 11.8. The van der Waals surface area contributed by atoms with Gasteiger partial charge in [-0.2, -0.15) is 0 Å². The quantitative estimate of drug-likeness (QED) is 0.260. The van der Waals surface area contributed by atoms with Crippen LogP contribution < -0.4 is 15.4 Å². The molecule has 1 aromatic rings. The van der Waals surface area contributed by atoms with Crippen molar-refractivity contribution in [1.29, 1.82) is 0 Å². The van der Waals surface area contributed by atoms with Crippen molar-refractivity contribution in [2.45, 2.75) is 44.8 Å². The molecule has 7 heteroatoms. The number of rotatable bonds is 6. The van der Waals surface area contributed by atoms with Gasteiger partial charge in [0.15, 0.2) is 5.96 Å². The molecule has 1 aliphatic carbocycles. The molecule has 3 N–H and O–H groups in total. The van der Waals surface area contributed by atoms with Crippen LogP contribution in [0.4, 0.5) is 0 Å². The lowest BCUT2D eigenvalue weighted by molar-refractivity contribution is 0.120. The van der Waals surface area contributed by atoms with Crippen molar-refractivity contribution in [2.75, 3.05) is 19.7 Å². The number of guanidine groups is 1. The average Bonchev–Trinajstić information content (AvgIpc) is 2.55. The zero-order chi connectivity index (χ0) is 16.5. The third kappa shape index (κ3) is 7.44. The lowest BCUT2D eigenvalue weighted by atomic mass is 9.93. The summed E-state index contributed by atoms with van der Waals surface area (Å²) < 4.78 is 5.64. The summed E-state index contributed by atoms with van der Waals surface area (Å²) in [6, 6.07) is 7.81. The molecule has 0 aliphatic heterocycles. The Morgan fingerprint density at radius 1 is 1.29 bits per heavy atom. The van der Waals surface area contributed by atoms with E-state index in [0.717, 1.165) is 38.2 Å². The molecule has 0 bridgehead atoms. The van der Waals surface area contributed by atoms with Crippen molar-refractivity contribution in [3.8, 4) is 5.75 Å². The molecule has 136 valence electrons. The molecule has 0 amide bonds. The minimum atomic E-state index is -0.142. The fourth-order valence-corrected chi connectivity index (χ4v) is 2.80. The first-order valence-electron chi connectivity index (χ1n) is 8.29. The molecule has 1 saturated carbocycles. The van der Waals surface area contributed by atoms with Gasteiger partial charge in [-0.1, -0.05) is 23.7 Å². The van der Waals surface area contributed by atoms with E-state index in [4.69, 9.17) is 16.3 Å². The smallest absolute Gasteiger partial charge is 0.191 e. The molecule has 0 aromatic heterocycles. The van der Waals surface area contributed by atoms with Gasteiger partial charge in [0.2, 0.25) is 0 Å². The van der Waals surface area contributed by atoms with Gasteiger partial charge < -0.3 is 20.5 Å². The Labute approximate surface area is 166 Å². The summed E-state index contributed by atoms with van der Waals surface area (Å²) in [5.41, 5.74) is 0. The van der Waals surface area contributed by atoms with Crippen LogP contribution in [0.2, 0.25) is 5.02 Å². The van der Waals surface area contributed by atoms with E-state index in [1.54, 1.807) is 0 Å². The topological polar surface area (TPSA) is 65.9 Å². The number of hydrogen-bond donors (Lipinski definition) is 3. The van der Waals surface area contributed by atoms with E-state index in [1.165, 1.54) is 0 Å². The van der Waals surface area contributed by atoms with Crippen molar-refractivity contribution >= 4 is 41.5 Å². The SMILES string of the molecule is CCNC(=NCCOc1ccccc1Cl)NC1CCC(O)CC1.I. The van der Waals surface area contributed by atoms with Gasteiger partial charge in [0.25, 0.3) is 0 Å². The van der Waals surface area contributed by atoms with E-state index >= 15 is 0 Å². The van der Waals surface area contributed by atoms with Gasteiger partial charge in [0.1, 0.15) is 12.4 Å². The van der Waals surface area contributed by atoms with E-state index in [2.05, 4.69) is 15.6 Å². The van der Waals surface area contributed by atoms with Gasteiger partial charge in [-0.15, -0.1) is 24.0 Å². The number of aliphatic hydroxyl groups is 1. The van der Waals surface area contributed by atoms with Crippen LogP contribution in [0.3, 0.4) is 0 Å². The van der Waals surface area contributed by atoms with Gasteiger partial charge in [-0.3, -0.25) is 0 Å². The Hall–Kier alpha value is -0.730. The van der Waals surface area contributed by atoms with Crippen molar-refractivity contribution in [2.24, 2.45) is 4.99 Å². The molecule has 1 aliphatic rings. The third-order valence-corrected chi connectivity index (χ3v) is 4.15. The third-order valence-electron chi connectivity index (χ3n) is 3.84. The number of aliphatic hydroxyl groups excluding tert-OH is 1. The maximum atomic E-state index is 9.57. The van der Waals surface area contributed by atoms with Gasteiger partial charge in [-0.05, 0) is 44.7 Å². The van der Waals surface area contributed by atoms with Crippen molar-refractivity contribution < 1.29 is 9.84 Å². The molecule has 0 spiro atoms. The summed E-state index contributed by atoms with van der Waals surface area (Å²) in [6.45, 7) is 3.88. The fraction of sp³-hybridized carbons (Fsp3) is 0.588. The Bertz CT molecular complexity index is 508. The number of benzene rings is 1. The Morgan fingerprint density at radius 3 is 2.67 bits per heavy atom. The standard InChI is InChI=1S/C17H26ClN3O2.HI/c1-2-19-17(21-13-7-9-14(22)10-8-13)20-11-12-23-16-6-4-3-5-15(16)18;/h3-6,13-14,22H,2,7-12H2,1H3,(H2,19,20,21);1H. The summed E-state index contributed by atoms with van der Waals surface area (Å²) in [5, 5.41) is 16.9. The highest BCUT2D eigenvalue weighted by Crippen LogP contribution is 2.22. The highest BCUT2D eigenvalue weighted by molar-refractivity contribution is 14.0.